The van der Waals surface area contributed by atoms with Crippen LogP contribution in [0.3, 0.4) is 0 Å². The predicted molar refractivity (Wildman–Crippen MR) is 79.7 cm³/mol. The Labute approximate surface area is 120 Å². The third-order valence-electron chi connectivity index (χ3n) is 2.96. The Morgan fingerprint density at radius 2 is 1.85 bits per heavy atom. The monoisotopic (exact) mass is 277 g/mol. The first-order valence-electron chi connectivity index (χ1n) is 6.87. The van der Waals surface area contributed by atoms with Crippen molar-refractivity contribution in [3.63, 3.8) is 0 Å². The number of hydrogen-bond donors (Lipinski definition) is 2. The highest BCUT2D eigenvalue weighted by molar-refractivity contribution is 5.92. The largest absolute Gasteiger partial charge is 0.481 e. The van der Waals surface area contributed by atoms with E-state index in [2.05, 4.69) is 26.1 Å². The van der Waals surface area contributed by atoms with E-state index in [-0.39, 0.29) is 17.7 Å². The first-order chi connectivity index (χ1) is 9.28. The Hall–Kier alpha value is -1.84. The van der Waals surface area contributed by atoms with Gasteiger partial charge in [0.1, 0.15) is 0 Å². The lowest BCUT2D eigenvalue weighted by Gasteiger charge is -2.17. The molecule has 0 fully saturated rings. The standard InChI is InChI=1S/C16H23NO3/c1-16(2,3)10-6-9-14(18)17-13-8-5-4-7-12(13)11-15(19)20/h4-5,7-8H,6,9-11H2,1-3H3,(H,17,18)(H,19,20). The summed E-state index contributed by atoms with van der Waals surface area (Å²) in [6, 6.07) is 7.02. The topological polar surface area (TPSA) is 66.4 Å². The van der Waals surface area contributed by atoms with Crippen molar-refractivity contribution < 1.29 is 14.7 Å². The van der Waals surface area contributed by atoms with E-state index in [1.165, 1.54) is 0 Å². The van der Waals surface area contributed by atoms with Crippen LogP contribution in [-0.4, -0.2) is 17.0 Å². The fourth-order valence-corrected chi connectivity index (χ4v) is 1.95. The van der Waals surface area contributed by atoms with Gasteiger partial charge in [0.15, 0.2) is 0 Å². The molecule has 0 aliphatic carbocycles. The van der Waals surface area contributed by atoms with Crippen molar-refractivity contribution in [2.24, 2.45) is 5.41 Å². The van der Waals surface area contributed by atoms with Gasteiger partial charge in [-0.05, 0) is 29.9 Å². The first kappa shape index (κ1) is 16.2. The second kappa shape index (κ2) is 7.08. The number of para-hydroxylation sites is 1. The lowest BCUT2D eigenvalue weighted by atomic mass is 9.90. The quantitative estimate of drug-likeness (QED) is 0.836. The number of amides is 1. The number of aliphatic carboxylic acids is 1. The molecule has 0 aliphatic rings. The Morgan fingerprint density at radius 3 is 2.45 bits per heavy atom. The minimum Gasteiger partial charge on any atom is -0.481 e. The second-order valence-electron chi connectivity index (χ2n) is 6.19. The lowest BCUT2D eigenvalue weighted by molar-refractivity contribution is -0.136. The Morgan fingerprint density at radius 1 is 1.20 bits per heavy atom. The van der Waals surface area contributed by atoms with Crippen LogP contribution in [0.4, 0.5) is 5.69 Å². The molecule has 1 rings (SSSR count). The summed E-state index contributed by atoms with van der Waals surface area (Å²) < 4.78 is 0. The molecule has 4 heteroatoms. The molecular weight excluding hydrogens is 254 g/mol. The summed E-state index contributed by atoms with van der Waals surface area (Å²) in [4.78, 5) is 22.7. The van der Waals surface area contributed by atoms with Gasteiger partial charge in [-0.25, -0.2) is 0 Å². The van der Waals surface area contributed by atoms with Crippen molar-refractivity contribution in [3.05, 3.63) is 29.8 Å². The van der Waals surface area contributed by atoms with Gasteiger partial charge in [0.05, 0.1) is 6.42 Å². The van der Waals surface area contributed by atoms with Gasteiger partial charge in [0, 0.05) is 12.1 Å². The molecule has 0 saturated carbocycles. The third-order valence-corrected chi connectivity index (χ3v) is 2.96. The minimum absolute atomic E-state index is 0.0629. The molecule has 0 unspecified atom stereocenters. The van der Waals surface area contributed by atoms with Crippen LogP contribution < -0.4 is 5.32 Å². The maximum atomic E-state index is 11.9. The van der Waals surface area contributed by atoms with Gasteiger partial charge in [-0.15, -0.1) is 0 Å². The number of benzene rings is 1. The van der Waals surface area contributed by atoms with Gasteiger partial charge in [0.2, 0.25) is 5.91 Å². The second-order valence-corrected chi connectivity index (χ2v) is 6.19. The average Bonchev–Trinajstić information content (AvgIpc) is 2.29. The first-order valence-corrected chi connectivity index (χ1v) is 6.87. The number of carboxylic acid groups (broad SMARTS) is 1. The molecule has 0 heterocycles. The highest BCUT2D eigenvalue weighted by atomic mass is 16.4. The molecule has 0 atom stereocenters. The summed E-state index contributed by atoms with van der Waals surface area (Å²) in [6.45, 7) is 6.44. The average molecular weight is 277 g/mol. The smallest absolute Gasteiger partial charge is 0.307 e. The Balaban J connectivity index is 2.55. The molecule has 1 amide bonds. The number of nitrogens with one attached hydrogen (secondary N) is 1. The molecule has 0 saturated heterocycles. The number of rotatable bonds is 6. The third kappa shape index (κ3) is 6.36. The minimum atomic E-state index is -0.903. The zero-order valence-corrected chi connectivity index (χ0v) is 12.4. The number of hydrogen-bond acceptors (Lipinski definition) is 2. The summed E-state index contributed by atoms with van der Waals surface area (Å²) in [6.07, 6.45) is 2.19. The van der Waals surface area contributed by atoms with Crippen molar-refractivity contribution >= 4 is 17.6 Å². The molecule has 0 radical (unpaired) electrons. The molecule has 0 aromatic heterocycles. The molecule has 20 heavy (non-hydrogen) atoms. The normalized spacial score (nSPS) is 11.2. The number of anilines is 1. The number of carbonyl (C=O) groups excluding carboxylic acids is 1. The van der Waals surface area contributed by atoms with Crippen LogP contribution in [-0.2, 0) is 16.0 Å². The van der Waals surface area contributed by atoms with Crippen molar-refractivity contribution in [1.82, 2.24) is 0 Å². The van der Waals surface area contributed by atoms with Gasteiger partial charge < -0.3 is 10.4 Å². The van der Waals surface area contributed by atoms with Crippen molar-refractivity contribution in [1.29, 1.82) is 0 Å². The molecule has 2 N–H and O–H groups in total. The van der Waals surface area contributed by atoms with E-state index < -0.39 is 5.97 Å². The van der Waals surface area contributed by atoms with E-state index in [0.29, 0.717) is 17.7 Å². The van der Waals surface area contributed by atoms with Gasteiger partial charge in [-0.2, -0.15) is 0 Å². The van der Waals surface area contributed by atoms with E-state index >= 15 is 0 Å². The van der Waals surface area contributed by atoms with Crippen LogP contribution in [0.15, 0.2) is 24.3 Å². The Bertz CT molecular complexity index is 475. The number of carbonyl (C=O) groups is 2. The van der Waals surface area contributed by atoms with Crippen LogP contribution in [0.5, 0.6) is 0 Å². The summed E-state index contributed by atoms with van der Waals surface area (Å²) >= 11 is 0. The Kier molecular flexibility index (Phi) is 5.74. The van der Waals surface area contributed by atoms with Crippen LogP contribution in [0.1, 0.15) is 45.6 Å². The zero-order chi connectivity index (χ0) is 15.2. The van der Waals surface area contributed by atoms with Crippen molar-refractivity contribution in [2.45, 2.75) is 46.5 Å². The molecule has 1 aromatic carbocycles. The van der Waals surface area contributed by atoms with Crippen molar-refractivity contribution in [2.75, 3.05) is 5.32 Å². The molecule has 0 bridgehead atoms. The van der Waals surface area contributed by atoms with E-state index in [4.69, 9.17) is 5.11 Å². The van der Waals surface area contributed by atoms with E-state index in [9.17, 15) is 9.59 Å². The maximum Gasteiger partial charge on any atom is 0.307 e. The lowest BCUT2D eigenvalue weighted by Crippen LogP contribution is -2.15. The summed E-state index contributed by atoms with van der Waals surface area (Å²) in [7, 11) is 0. The van der Waals surface area contributed by atoms with E-state index in [1.807, 2.05) is 0 Å². The van der Waals surface area contributed by atoms with Gasteiger partial charge in [-0.3, -0.25) is 9.59 Å². The van der Waals surface area contributed by atoms with E-state index in [1.54, 1.807) is 24.3 Å². The zero-order valence-electron chi connectivity index (χ0n) is 12.4. The van der Waals surface area contributed by atoms with Crippen LogP contribution in [0, 0.1) is 5.41 Å². The molecule has 1 aromatic rings. The van der Waals surface area contributed by atoms with Crippen LogP contribution >= 0.6 is 0 Å². The summed E-state index contributed by atoms with van der Waals surface area (Å²) in [5.74, 6) is -0.966. The van der Waals surface area contributed by atoms with Crippen LogP contribution in [0.2, 0.25) is 0 Å². The van der Waals surface area contributed by atoms with E-state index in [0.717, 1.165) is 12.8 Å². The molecule has 0 aliphatic heterocycles. The SMILES string of the molecule is CC(C)(C)CCCC(=O)Nc1ccccc1CC(=O)O. The fraction of sp³-hybridized carbons (Fsp3) is 0.500. The van der Waals surface area contributed by atoms with Crippen molar-refractivity contribution in [3.8, 4) is 0 Å². The van der Waals surface area contributed by atoms with Crippen LogP contribution in [0.25, 0.3) is 0 Å². The van der Waals surface area contributed by atoms with Gasteiger partial charge in [-0.1, -0.05) is 39.0 Å². The maximum absolute atomic E-state index is 11.9. The molecule has 4 nitrogen and oxygen atoms in total. The fourth-order valence-electron chi connectivity index (χ4n) is 1.95. The van der Waals surface area contributed by atoms with Gasteiger partial charge >= 0.3 is 5.97 Å². The highest BCUT2D eigenvalue weighted by Crippen LogP contribution is 2.22. The number of carboxylic acids is 1. The molecular formula is C16H23NO3. The summed E-state index contributed by atoms with van der Waals surface area (Å²) in [5, 5.41) is 11.6. The summed E-state index contributed by atoms with van der Waals surface area (Å²) in [5.41, 5.74) is 1.45. The molecule has 110 valence electrons. The highest BCUT2D eigenvalue weighted by Gasteiger charge is 2.12. The molecule has 0 spiro atoms. The van der Waals surface area contributed by atoms with Gasteiger partial charge in [0.25, 0.3) is 0 Å². The predicted octanol–water partition coefficient (Wildman–Crippen LogP) is 3.47.